The molecule has 5 heteroatoms. The number of hydrogen-bond acceptors (Lipinski definition) is 4. The van der Waals surface area contributed by atoms with Crippen LogP contribution in [0.2, 0.25) is 0 Å². The number of hydrogen-bond donors (Lipinski definition) is 1. The van der Waals surface area contributed by atoms with E-state index in [2.05, 4.69) is 0 Å². The molecule has 14 heavy (non-hydrogen) atoms. The molecule has 0 saturated carbocycles. The molecule has 0 radical (unpaired) electrons. The van der Waals surface area contributed by atoms with Crippen molar-refractivity contribution in [3.8, 4) is 5.75 Å². The number of aldehydes is 1. The number of benzene rings is 1. The van der Waals surface area contributed by atoms with E-state index in [0.717, 1.165) is 0 Å². The lowest BCUT2D eigenvalue weighted by Gasteiger charge is -1.98. The maximum Gasteiger partial charge on any atom is 0.210 e. The van der Waals surface area contributed by atoms with Crippen LogP contribution in [0.3, 0.4) is 0 Å². The summed E-state index contributed by atoms with van der Waals surface area (Å²) in [6.45, 7) is 0. The third-order valence-corrected chi connectivity index (χ3v) is 3.79. The third kappa shape index (κ3) is 1.06. The highest BCUT2D eigenvalue weighted by Crippen LogP contribution is 2.33. The second kappa shape index (κ2) is 2.68. The van der Waals surface area contributed by atoms with Gasteiger partial charge < -0.3 is 5.11 Å². The van der Waals surface area contributed by atoms with Crippen molar-refractivity contribution in [2.75, 3.05) is 0 Å². The number of fused-ring (bicyclic) bond motifs is 1. The van der Waals surface area contributed by atoms with E-state index in [9.17, 15) is 13.2 Å². The minimum Gasteiger partial charge on any atom is -0.508 e. The molecule has 4 nitrogen and oxygen atoms in total. The van der Waals surface area contributed by atoms with E-state index < -0.39 is 9.84 Å². The van der Waals surface area contributed by atoms with Gasteiger partial charge in [-0.2, -0.15) is 0 Å². The normalized spacial score (nSPS) is 17.3. The SMILES string of the molecule is O=CC1=Cc2cc(O)ccc2S1(=O)=O. The van der Waals surface area contributed by atoms with E-state index in [4.69, 9.17) is 5.11 Å². The predicted octanol–water partition coefficient (Wildman–Crippen LogP) is 0.719. The quantitative estimate of drug-likeness (QED) is 0.693. The molecule has 2 rings (SSSR count). The lowest BCUT2D eigenvalue weighted by molar-refractivity contribution is -0.104. The number of aromatic hydroxyl groups is 1. The molecular formula is C9H6O4S. The van der Waals surface area contributed by atoms with E-state index in [0.29, 0.717) is 11.8 Å². The van der Waals surface area contributed by atoms with Crippen molar-refractivity contribution < 1.29 is 18.3 Å². The molecule has 0 spiro atoms. The minimum absolute atomic E-state index is 0.0256. The maximum absolute atomic E-state index is 11.5. The monoisotopic (exact) mass is 210 g/mol. The highest BCUT2D eigenvalue weighted by atomic mass is 32.2. The first-order valence-electron chi connectivity index (χ1n) is 3.80. The number of phenolic OH excluding ortho intramolecular Hbond substituents is 1. The van der Waals surface area contributed by atoms with Crippen LogP contribution in [0.5, 0.6) is 5.75 Å². The molecule has 0 unspecified atom stereocenters. The summed E-state index contributed by atoms with van der Waals surface area (Å²) in [5.74, 6) is -0.0256. The third-order valence-electron chi connectivity index (χ3n) is 2.01. The molecule has 72 valence electrons. The summed E-state index contributed by atoms with van der Waals surface area (Å²) in [6.07, 6.45) is 1.55. The van der Waals surface area contributed by atoms with Crippen LogP contribution in [-0.4, -0.2) is 19.8 Å². The van der Waals surface area contributed by atoms with Gasteiger partial charge in [-0.15, -0.1) is 0 Å². The summed E-state index contributed by atoms with van der Waals surface area (Å²) in [4.78, 5) is 10.3. The average Bonchev–Trinajstić information content (AvgIpc) is 2.37. The molecule has 1 heterocycles. The van der Waals surface area contributed by atoms with Gasteiger partial charge in [0.05, 0.1) is 4.90 Å². The van der Waals surface area contributed by atoms with Gasteiger partial charge in [-0.1, -0.05) is 0 Å². The fourth-order valence-corrected chi connectivity index (χ4v) is 2.69. The molecule has 0 amide bonds. The van der Waals surface area contributed by atoms with E-state index in [1.54, 1.807) is 0 Å². The summed E-state index contributed by atoms with van der Waals surface area (Å²) >= 11 is 0. The van der Waals surface area contributed by atoms with Crippen molar-refractivity contribution in [2.24, 2.45) is 0 Å². The zero-order valence-electron chi connectivity index (χ0n) is 6.97. The van der Waals surface area contributed by atoms with Gasteiger partial charge in [0.25, 0.3) is 0 Å². The number of phenols is 1. The van der Waals surface area contributed by atoms with Gasteiger partial charge in [0.2, 0.25) is 9.84 Å². The summed E-state index contributed by atoms with van der Waals surface area (Å²) in [7, 11) is -3.63. The second-order valence-corrected chi connectivity index (χ2v) is 4.81. The average molecular weight is 210 g/mol. The Balaban J connectivity index is 2.77. The number of rotatable bonds is 1. The number of carbonyl (C=O) groups is 1. The molecule has 0 atom stereocenters. The topological polar surface area (TPSA) is 71.4 Å². The lowest BCUT2D eigenvalue weighted by Crippen LogP contribution is -2.00. The van der Waals surface area contributed by atoms with Crippen molar-refractivity contribution in [1.29, 1.82) is 0 Å². The van der Waals surface area contributed by atoms with Gasteiger partial charge in [0.15, 0.2) is 6.29 Å². The Morgan fingerprint density at radius 3 is 2.64 bits per heavy atom. The van der Waals surface area contributed by atoms with Crippen LogP contribution in [0.25, 0.3) is 6.08 Å². The molecular weight excluding hydrogens is 204 g/mol. The van der Waals surface area contributed by atoms with Crippen LogP contribution >= 0.6 is 0 Å². The van der Waals surface area contributed by atoms with Crippen LogP contribution in [-0.2, 0) is 14.6 Å². The zero-order valence-corrected chi connectivity index (χ0v) is 7.78. The standard InChI is InChI=1S/C9H6O4S/c10-5-8-4-6-3-7(11)1-2-9(6)14(8,12)13/h1-5,11H. The van der Waals surface area contributed by atoms with Crippen molar-refractivity contribution in [3.63, 3.8) is 0 Å². The summed E-state index contributed by atoms with van der Waals surface area (Å²) in [5, 5.41) is 9.11. The van der Waals surface area contributed by atoms with Crippen molar-refractivity contribution in [1.82, 2.24) is 0 Å². The van der Waals surface area contributed by atoms with Gasteiger partial charge in [-0.05, 0) is 29.8 Å². The number of sulfone groups is 1. The zero-order chi connectivity index (χ0) is 10.3. The predicted molar refractivity (Wildman–Crippen MR) is 49.3 cm³/mol. The fraction of sp³-hybridized carbons (Fsp3) is 0. The van der Waals surface area contributed by atoms with Crippen LogP contribution in [0, 0.1) is 0 Å². The molecule has 0 aliphatic carbocycles. The molecule has 1 aliphatic rings. The maximum atomic E-state index is 11.5. The first-order valence-corrected chi connectivity index (χ1v) is 5.29. The Hall–Kier alpha value is -1.62. The van der Waals surface area contributed by atoms with Crippen LogP contribution < -0.4 is 0 Å². The van der Waals surface area contributed by atoms with Gasteiger partial charge in [0, 0.05) is 0 Å². The highest BCUT2D eigenvalue weighted by molar-refractivity contribution is 7.96. The van der Waals surface area contributed by atoms with Crippen molar-refractivity contribution >= 4 is 22.2 Å². The second-order valence-electron chi connectivity index (χ2n) is 2.89. The Morgan fingerprint density at radius 1 is 1.29 bits per heavy atom. The Morgan fingerprint density at radius 2 is 2.00 bits per heavy atom. The van der Waals surface area contributed by atoms with Gasteiger partial charge in [0.1, 0.15) is 10.7 Å². The fourth-order valence-electron chi connectivity index (χ4n) is 1.35. The molecule has 1 aliphatic heterocycles. The largest absolute Gasteiger partial charge is 0.508 e. The van der Waals surface area contributed by atoms with E-state index in [-0.39, 0.29) is 15.6 Å². The Kier molecular flexibility index (Phi) is 1.72. The Labute approximate surface area is 80.4 Å². The number of allylic oxidation sites excluding steroid dienone is 1. The lowest BCUT2D eigenvalue weighted by atomic mass is 10.2. The van der Waals surface area contributed by atoms with Crippen LogP contribution in [0.1, 0.15) is 5.56 Å². The van der Waals surface area contributed by atoms with E-state index >= 15 is 0 Å². The summed E-state index contributed by atoms with van der Waals surface area (Å²) in [6, 6.07) is 3.87. The summed E-state index contributed by atoms with van der Waals surface area (Å²) in [5.41, 5.74) is 0.354. The van der Waals surface area contributed by atoms with Crippen LogP contribution in [0.4, 0.5) is 0 Å². The molecule has 1 aromatic rings. The summed E-state index contributed by atoms with van der Waals surface area (Å²) < 4.78 is 23.1. The number of carbonyl (C=O) groups excluding carboxylic acids is 1. The molecule has 1 aromatic carbocycles. The first kappa shape index (κ1) is 8.96. The first-order chi connectivity index (χ1) is 6.55. The van der Waals surface area contributed by atoms with E-state index in [1.165, 1.54) is 24.3 Å². The molecule has 0 aromatic heterocycles. The molecule has 0 bridgehead atoms. The molecule has 1 N–H and O–H groups in total. The smallest absolute Gasteiger partial charge is 0.210 e. The van der Waals surface area contributed by atoms with Crippen molar-refractivity contribution in [3.05, 3.63) is 28.7 Å². The van der Waals surface area contributed by atoms with E-state index in [1.807, 2.05) is 0 Å². The molecule has 0 fully saturated rings. The van der Waals surface area contributed by atoms with Gasteiger partial charge in [-0.25, -0.2) is 8.42 Å². The van der Waals surface area contributed by atoms with Crippen LogP contribution in [0.15, 0.2) is 28.0 Å². The highest BCUT2D eigenvalue weighted by Gasteiger charge is 2.29. The minimum atomic E-state index is -3.63. The van der Waals surface area contributed by atoms with Gasteiger partial charge in [-0.3, -0.25) is 4.79 Å². The van der Waals surface area contributed by atoms with Crippen molar-refractivity contribution in [2.45, 2.75) is 4.90 Å². The van der Waals surface area contributed by atoms with Gasteiger partial charge >= 0.3 is 0 Å². The Bertz CT molecular complexity index is 540. The molecule has 0 saturated heterocycles.